The Balaban J connectivity index is 1.91. The summed E-state index contributed by atoms with van der Waals surface area (Å²) < 4.78 is 91.2. The van der Waals surface area contributed by atoms with Gasteiger partial charge in [0.2, 0.25) is 0 Å². The lowest BCUT2D eigenvalue weighted by molar-refractivity contribution is -0.138. The smallest absolute Gasteiger partial charge is 0.416 e. The third kappa shape index (κ3) is 7.37. The Morgan fingerprint density at radius 3 is 2.17 bits per heavy atom. The maximum atomic E-state index is 13.5. The molecule has 0 atom stereocenters. The lowest BCUT2D eigenvalue weighted by Crippen LogP contribution is -2.27. The number of carbonyl (C=O) groups is 1. The number of alkyl halides is 6. The van der Waals surface area contributed by atoms with Crippen molar-refractivity contribution < 1.29 is 40.6 Å². The maximum absolute atomic E-state index is 13.5. The van der Waals surface area contributed by atoms with Crippen molar-refractivity contribution in [1.82, 2.24) is 4.90 Å². The molecule has 3 aromatic carbocycles. The van der Waals surface area contributed by atoms with Gasteiger partial charge in [-0.3, -0.25) is 0 Å². The molecule has 3 rings (SSSR count). The number of hydrogen-bond acceptors (Lipinski definition) is 3. The molecule has 0 fully saturated rings. The predicted octanol–water partition coefficient (Wildman–Crippen LogP) is 8.93. The largest absolute Gasteiger partial charge is 0.496 e. The van der Waals surface area contributed by atoms with Gasteiger partial charge in [0.15, 0.2) is 0 Å². The van der Waals surface area contributed by atoms with Gasteiger partial charge in [-0.05, 0) is 76.2 Å². The van der Waals surface area contributed by atoms with E-state index in [1.54, 1.807) is 6.07 Å². The van der Waals surface area contributed by atoms with Crippen LogP contribution in [0.2, 0.25) is 0 Å². The fraction of sp³-hybridized carbons (Fsp3) is 0.300. The standard InChI is InChI=1S/C30H29F6NO3/c1-6-19-11-20(13-24(12-19)30(34,35)36)16-37(4)28(38)40-17-22-14-23(29(31,32)33)8-9-25(22)26-15-21(18(2)3)7-10-27(26)39-5/h6-15,18H,1,16-17H2,2-5H3. The fourth-order valence-electron chi connectivity index (χ4n) is 4.13. The summed E-state index contributed by atoms with van der Waals surface area (Å²) in [5.74, 6) is 0.558. The van der Waals surface area contributed by atoms with E-state index in [1.807, 2.05) is 26.0 Å². The van der Waals surface area contributed by atoms with Crippen LogP contribution in [0.1, 0.15) is 53.1 Å². The molecule has 4 nitrogen and oxygen atoms in total. The lowest BCUT2D eigenvalue weighted by Gasteiger charge is -2.20. The zero-order valence-corrected chi connectivity index (χ0v) is 22.4. The molecule has 0 aliphatic carbocycles. The van der Waals surface area contributed by atoms with Crippen LogP contribution in [0.4, 0.5) is 31.1 Å². The number of benzene rings is 3. The van der Waals surface area contributed by atoms with Gasteiger partial charge in [-0.2, -0.15) is 26.3 Å². The van der Waals surface area contributed by atoms with E-state index >= 15 is 0 Å². The van der Waals surface area contributed by atoms with Crippen molar-refractivity contribution in [3.05, 3.63) is 94.6 Å². The number of nitrogens with zero attached hydrogens (tertiary/aromatic N) is 1. The first kappa shape index (κ1) is 30.6. The van der Waals surface area contributed by atoms with Crippen LogP contribution in [0.25, 0.3) is 17.2 Å². The molecule has 0 saturated carbocycles. The van der Waals surface area contributed by atoms with Crippen LogP contribution in [-0.4, -0.2) is 25.2 Å². The number of ether oxygens (including phenoxy) is 2. The number of amides is 1. The molecule has 0 radical (unpaired) electrons. The fourth-order valence-corrected chi connectivity index (χ4v) is 4.13. The number of hydrogen-bond donors (Lipinski definition) is 0. The summed E-state index contributed by atoms with van der Waals surface area (Å²) in [4.78, 5) is 13.8. The molecular formula is C30H29F6NO3. The molecule has 0 heterocycles. The second-order valence-corrected chi connectivity index (χ2v) is 9.56. The van der Waals surface area contributed by atoms with Crippen LogP contribution in [0.5, 0.6) is 5.75 Å². The van der Waals surface area contributed by atoms with Crippen molar-refractivity contribution in [3.8, 4) is 16.9 Å². The molecule has 0 aliphatic rings. The molecule has 40 heavy (non-hydrogen) atoms. The van der Waals surface area contributed by atoms with E-state index in [2.05, 4.69) is 6.58 Å². The Kier molecular flexibility index (Phi) is 9.22. The molecule has 0 saturated heterocycles. The third-order valence-electron chi connectivity index (χ3n) is 6.27. The highest BCUT2D eigenvalue weighted by molar-refractivity contribution is 5.75. The molecule has 0 aromatic heterocycles. The van der Waals surface area contributed by atoms with E-state index in [-0.39, 0.29) is 29.2 Å². The van der Waals surface area contributed by atoms with E-state index in [9.17, 15) is 31.1 Å². The minimum Gasteiger partial charge on any atom is -0.496 e. The van der Waals surface area contributed by atoms with E-state index in [0.717, 1.165) is 34.7 Å². The van der Waals surface area contributed by atoms with Crippen LogP contribution in [0.15, 0.2) is 61.2 Å². The van der Waals surface area contributed by atoms with Gasteiger partial charge in [0.05, 0.1) is 18.2 Å². The SMILES string of the molecule is C=Cc1cc(CN(C)C(=O)OCc2cc(C(F)(F)F)ccc2-c2cc(C(C)C)ccc2OC)cc(C(F)(F)F)c1. The second kappa shape index (κ2) is 12.1. The van der Waals surface area contributed by atoms with Gasteiger partial charge in [0.25, 0.3) is 0 Å². The summed E-state index contributed by atoms with van der Waals surface area (Å²) in [6, 6.07) is 11.8. The molecule has 10 heteroatoms. The van der Waals surface area contributed by atoms with Crippen molar-refractivity contribution in [2.75, 3.05) is 14.2 Å². The summed E-state index contributed by atoms with van der Waals surface area (Å²) >= 11 is 0. The molecule has 0 unspecified atom stereocenters. The summed E-state index contributed by atoms with van der Waals surface area (Å²) in [6.45, 7) is 6.69. The topological polar surface area (TPSA) is 38.8 Å². The van der Waals surface area contributed by atoms with Gasteiger partial charge >= 0.3 is 18.4 Å². The minimum absolute atomic E-state index is 0.0868. The Morgan fingerprint density at radius 1 is 0.925 bits per heavy atom. The van der Waals surface area contributed by atoms with Gasteiger partial charge in [-0.15, -0.1) is 0 Å². The van der Waals surface area contributed by atoms with E-state index in [1.165, 1.54) is 32.4 Å². The quantitative estimate of drug-likeness (QED) is 0.256. The van der Waals surface area contributed by atoms with E-state index in [4.69, 9.17) is 9.47 Å². The first-order valence-corrected chi connectivity index (χ1v) is 12.2. The highest BCUT2D eigenvalue weighted by Crippen LogP contribution is 2.38. The number of rotatable bonds is 8. The average Bonchev–Trinajstić information content (AvgIpc) is 2.89. The Morgan fingerprint density at radius 2 is 1.60 bits per heavy atom. The zero-order chi connectivity index (χ0) is 29.8. The third-order valence-corrected chi connectivity index (χ3v) is 6.27. The molecule has 0 aliphatic heterocycles. The van der Waals surface area contributed by atoms with Gasteiger partial charge < -0.3 is 14.4 Å². The van der Waals surface area contributed by atoms with Crippen molar-refractivity contribution in [3.63, 3.8) is 0 Å². The number of carbonyl (C=O) groups excluding carboxylic acids is 1. The monoisotopic (exact) mass is 565 g/mol. The molecule has 0 bridgehead atoms. The molecule has 3 aromatic rings. The van der Waals surface area contributed by atoms with Crippen molar-refractivity contribution in [2.45, 2.75) is 45.3 Å². The maximum Gasteiger partial charge on any atom is 0.416 e. The molecular weight excluding hydrogens is 536 g/mol. The Hall–Kier alpha value is -3.95. The average molecular weight is 566 g/mol. The second-order valence-electron chi connectivity index (χ2n) is 9.56. The number of methoxy groups -OCH3 is 1. The van der Waals surface area contributed by atoms with E-state index < -0.39 is 36.2 Å². The summed E-state index contributed by atoms with van der Waals surface area (Å²) in [7, 11) is 2.76. The Labute approximate surface area is 228 Å². The molecule has 0 N–H and O–H groups in total. The van der Waals surface area contributed by atoms with Crippen LogP contribution >= 0.6 is 0 Å². The van der Waals surface area contributed by atoms with Crippen LogP contribution in [0.3, 0.4) is 0 Å². The van der Waals surface area contributed by atoms with E-state index in [0.29, 0.717) is 16.9 Å². The zero-order valence-electron chi connectivity index (χ0n) is 22.4. The van der Waals surface area contributed by atoms with Crippen molar-refractivity contribution in [2.24, 2.45) is 0 Å². The van der Waals surface area contributed by atoms with Gasteiger partial charge in [0.1, 0.15) is 12.4 Å². The summed E-state index contributed by atoms with van der Waals surface area (Å²) in [5, 5.41) is 0. The van der Waals surface area contributed by atoms with Crippen LogP contribution in [-0.2, 0) is 30.2 Å². The Bertz CT molecular complexity index is 1380. The van der Waals surface area contributed by atoms with Crippen molar-refractivity contribution >= 4 is 12.2 Å². The van der Waals surface area contributed by atoms with Gasteiger partial charge in [-0.25, -0.2) is 4.79 Å². The lowest BCUT2D eigenvalue weighted by atomic mass is 9.93. The van der Waals surface area contributed by atoms with Crippen LogP contribution < -0.4 is 4.74 Å². The summed E-state index contributed by atoms with van der Waals surface area (Å²) in [5.41, 5.74) is 0.515. The molecule has 214 valence electrons. The summed E-state index contributed by atoms with van der Waals surface area (Å²) in [6.07, 6.45) is -8.90. The molecule has 1 amide bonds. The first-order valence-electron chi connectivity index (χ1n) is 12.2. The minimum atomic E-state index is -4.63. The van der Waals surface area contributed by atoms with Gasteiger partial charge in [-0.1, -0.05) is 38.6 Å². The normalized spacial score (nSPS) is 11.9. The first-order chi connectivity index (χ1) is 18.6. The van der Waals surface area contributed by atoms with Crippen molar-refractivity contribution in [1.29, 1.82) is 0 Å². The highest BCUT2D eigenvalue weighted by Gasteiger charge is 2.32. The highest BCUT2D eigenvalue weighted by atomic mass is 19.4. The van der Waals surface area contributed by atoms with Crippen LogP contribution in [0, 0.1) is 0 Å². The number of halogens is 6. The van der Waals surface area contributed by atoms with Gasteiger partial charge in [0, 0.05) is 19.2 Å². The predicted molar refractivity (Wildman–Crippen MR) is 141 cm³/mol. The molecule has 0 spiro atoms.